The van der Waals surface area contributed by atoms with Crippen LogP contribution in [-0.2, 0) is 10.0 Å². The van der Waals surface area contributed by atoms with Gasteiger partial charge in [-0.1, -0.05) is 0 Å². The van der Waals surface area contributed by atoms with E-state index < -0.39 is 10.0 Å². The maximum absolute atomic E-state index is 12.4. The van der Waals surface area contributed by atoms with Gasteiger partial charge in [0.25, 0.3) is 0 Å². The normalized spacial score (nSPS) is 20.6. The number of hydrogen-bond donors (Lipinski definition) is 3. The number of aliphatic hydroxyl groups excluding tert-OH is 1. The van der Waals surface area contributed by atoms with E-state index in [1.165, 1.54) is 22.6 Å². The SMILES string of the molecule is NNc1ccc(S(=O)(=O)N2CCC(CCO)C2)cn1. The van der Waals surface area contributed by atoms with Crippen molar-refractivity contribution < 1.29 is 13.5 Å². The molecule has 2 heterocycles. The highest BCUT2D eigenvalue weighted by atomic mass is 32.2. The minimum atomic E-state index is -3.49. The van der Waals surface area contributed by atoms with Crippen molar-refractivity contribution >= 4 is 15.8 Å². The second kappa shape index (κ2) is 5.83. The Labute approximate surface area is 112 Å². The average Bonchev–Trinajstić information content (AvgIpc) is 2.89. The molecule has 7 nitrogen and oxygen atoms in total. The number of pyridine rings is 1. The summed E-state index contributed by atoms with van der Waals surface area (Å²) in [5, 5.41) is 8.89. The Morgan fingerprint density at radius 2 is 2.32 bits per heavy atom. The number of aliphatic hydroxyl groups is 1. The molecule has 0 aromatic carbocycles. The van der Waals surface area contributed by atoms with Crippen LogP contribution >= 0.6 is 0 Å². The van der Waals surface area contributed by atoms with Crippen molar-refractivity contribution in [3.05, 3.63) is 18.3 Å². The van der Waals surface area contributed by atoms with Crippen LogP contribution in [-0.4, -0.2) is 42.5 Å². The van der Waals surface area contributed by atoms with Crippen LogP contribution in [0.15, 0.2) is 23.2 Å². The Bertz CT molecular complexity index is 517. The molecule has 1 aromatic rings. The van der Waals surface area contributed by atoms with Crippen molar-refractivity contribution in [2.45, 2.75) is 17.7 Å². The van der Waals surface area contributed by atoms with Crippen LogP contribution in [0, 0.1) is 5.92 Å². The number of hydrogen-bond acceptors (Lipinski definition) is 6. The number of hydrazine groups is 1. The van der Waals surface area contributed by atoms with E-state index in [4.69, 9.17) is 10.9 Å². The lowest BCUT2D eigenvalue weighted by Crippen LogP contribution is -2.29. The summed E-state index contributed by atoms with van der Waals surface area (Å²) in [5.41, 5.74) is 2.35. The van der Waals surface area contributed by atoms with E-state index in [1.807, 2.05) is 0 Å². The zero-order valence-corrected chi connectivity index (χ0v) is 11.3. The molecular weight excluding hydrogens is 268 g/mol. The van der Waals surface area contributed by atoms with Gasteiger partial charge in [0.1, 0.15) is 10.7 Å². The molecule has 1 atom stereocenters. The van der Waals surface area contributed by atoms with Crippen LogP contribution in [0.1, 0.15) is 12.8 Å². The van der Waals surface area contributed by atoms with Crippen LogP contribution in [0.2, 0.25) is 0 Å². The molecule has 1 unspecified atom stereocenters. The molecule has 1 aromatic heterocycles. The molecule has 4 N–H and O–H groups in total. The lowest BCUT2D eigenvalue weighted by atomic mass is 10.1. The first-order valence-electron chi connectivity index (χ1n) is 6.11. The fourth-order valence-corrected chi connectivity index (χ4v) is 3.68. The van der Waals surface area contributed by atoms with Crippen LogP contribution < -0.4 is 11.3 Å². The molecular formula is C11H18N4O3S. The molecule has 0 radical (unpaired) electrons. The first-order valence-corrected chi connectivity index (χ1v) is 7.55. The van der Waals surface area contributed by atoms with E-state index in [9.17, 15) is 8.42 Å². The molecule has 0 bridgehead atoms. The molecule has 1 aliphatic heterocycles. The maximum atomic E-state index is 12.4. The van der Waals surface area contributed by atoms with Crippen LogP contribution in [0.4, 0.5) is 5.82 Å². The molecule has 1 saturated heterocycles. The highest BCUT2D eigenvalue weighted by Gasteiger charge is 2.32. The number of nitrogen functional groups attached to an aromatic ring is 1. The van der Waals surface area contributed by atoms with Gasteiger partial charge in [0, 0.05) is 25.9 Å². The van der Waals surface area contributed by atoms with E-state index in [1.54, 1.807) is 0 Å². The molecule has 8 heteroatoms. The van der Waals surface area contributed by atoms with E-state index in [-0.39, 0.29) is 17.4 Å². The van der Waals surface area contributed by atoms with Crippen molar-refractivity contribution in [3.63, 3.8) is 0 Å². The Hall–Kier alpha value is -1.22. The maximum Gasteiger partial charge on any atom is 0.244 e. The Morgan fingerprint density at radius 1 is 1.53 bits per heavy atom. The van der Waals surface area contributed by atoms with Crippen LogP contribution in [0.5, 0.6) is 0 Å². The second-order valence-corrected chi connectivity index (χ2v) is 6.49. The number of nitrogens with two attached hydrogens (primary N) is 1. The largest absolute Gasteiger partial charge is 0.396 e. The van der Waals surface area contributed by atoms with Crippen LogP contribution in [0.25, 0.3) is 0 Å². The molecule has 2 rings (SSSR count). The molecule has 106 valence electrons. The van der Waals surface area contributed by atoms with Crippen molar-refractivity contribution in [1.29, 1.82) is 0 Å². The van der Waals surface area contributed by atoms with Crippen molar-refractivity contribution in [2.75, 3.05) is 25.1 Å². The summed E-state index contributed by atoms with van der Waals surface area (Å²) >= 11 is 0. The molecule has 0 saturated carbocycles. The van der Waals surface area contributed by atoms with Gasteiger partial charge in [0.05, 0.1) is 0 Å². The topological polar surface area (TPSA) is 109 Å². The van der Waals surface area contributed by atoms with Crippen molar-refractivity contribution in [3.8, 4) is 0 Å². The first kappa shape index (κ1) is 14.2. The Balaban J connectivity index is 2.13. The minimum Gasteiger partial charge on any atom is -0.396 e. The standard InChI is InChI=1S/C11H18N4O3S/c12-14-11-2-1-10(7-13-11)19(17,18)15-5-3-9(8-15)4-6-16/h1-2,7,9,16H,3-6,8,12H2,(H,13,14). The first-order chi connectivity index (χ1) is 9.07. The van der Waals surface area contributed by atoms with Crippen LogP contribution in [0.3, 0.4) is 0 Å². The fourth-order valence-electron chi connectivity index (χ4n) is 2.20. The smallest absolute Gasteiger partial charge is 0.244 e. The minimum absolute atomic E-state index is 0.0942. The van der Waals surface area contributed by atoms with E-state index in [2.05, 4.69) is 10.4 Å². The van der Waals surface area contributed by atoms with Gasteiger partial charge in [0.15, 0.2) is 0 Å². The summed E-state index contributed by atoms with van der Waals surface area (Å²) in [5.74, 6) is 5.84. The summed E-state index contributed by atoms with van der Waals surface area (Å²) in [7, 11) is -3.49. The van der Waals surface area contributed by atoms with Gasteiger partial charge in [-0.15, -0.1) is 0 Å². The number of nitrogens with one attached hydrogen (secondary N) is 1. The highest BCUT2D eigenvalue weighted by molar-refractivity contribution is 7.89. The lowest BCUT2D eigenvalue weighted by molar-refractivity contribution is 0.259. The predicted octanol–water partition coefficient (Wildman–Crippen LogP) is -0.240. The molecule has 1 aliphatic rings. The third-order valence-corrected chi connectivity index (χ3v) is 5.16. The van der Waals surface area contributed by atoms with Gasteiger partial charge in [0.2, 0.25) is 10.0 Å². The number of aromatic nitrogens is 1. The summed E-state index contributed by atoms with van der Waals surface area (Å²) in [4.78, 5) is 4.07. The Morgan fingerprint density at radius 3 is 2.89 bits per heavy atom. The molecule has 0 aliphatic carbocycles. The zero-order chi connectivity index (χ0) is 13.9. The summed E-state index contributed by atoms with van der Waals surface area (Å²) in [6.45, 7) is 1.04. The number of rotatable bonds is 5. The quantitative estimate of drug-likeness (QED) is 0.509. The summed E-state index contributed by atoms with van der Waals surface area (Å²) < 4.78 is 26.2. The molecule has 0 spiro atoms. The van der Waals surface area contributed by atoms with Gasteiger partial charge in [-0.25, -0.2) is 19.2 Å². The second-order valence-electron chi connectivity index (χ2n) is 4.55. The van der Waals surface area contributed by atoms with E-state index in [0.717, 1.165) is 6.42 Å². The van der Waals surface area contributed by atoms with E-state index in [0.29, 0.717) is 25.3 Å². The molecule has 0 amide bonds. The van der Waals surface area contributed by atoms with Gasteiger partial charge >= 0.3 is 0 Å². The number of nitrogens with zero attached hydrogens (tertiary/aromatic N) is 2. The number of sulfonamides is 1. The van der Waals surface area contributed by atoms with Gasteiger partial charge in [-0.05, 0) is 30.9 Å². The third kappa shape index (κ3) is 3.03. The van der Waals surface area contributed by atoms with Crippen molar-refractivity contribution in [1.82, 2.24) is 9.29 Å². The zero-order valence-electron chi connectivity index (χ0n) is 10.5. The molecule has 1 fully saturated rings. The van der Waals surface area contributed by atoms with Gasteiger partial charge < -0.3 is 10.5 Å². The molecule has 19 heavy (non-hydrogen) atoms. The predicted molar refractivity (Wildman–Crippen MR) is 70.6 cm³/mol. The number of anilines is 1. The third-order valence-electron chi connectivity index (χ3n) is 3.31. The lowest BCUT2D eigenvalue weighted by Gasteiger charge is -2.16. The van der Waals surface area contributed by atoms with Crippen molar-refractivity contribution in [2.24, 2.45) is 11.8 Å². The monoisotopic (exact) mass is 286 g/mol. The van der Waals surface area contributed by atoms with Gasteiger partial charge in [-0.3, -0.25) is 0 Å². The Kier molecular flexibility index (Phi) is 4.35. The summed E-state index contributed by atoms with van der Waals surface area (Å²) in [6.07, 6.45) is 2.72. The fraction of sp³-hybridized carbons (Fsp3) is 0.545. The van der Waals surface area contributed by atoms with Gasteiger partial charge in [-0.2, -0.15) is 4.31 Å². The van der Waals surface area contributed by atoms with E-state index >= 15 is 0 Å². The summed E-state index contributed by atoms with van der Waals surface area (Å²) in [6, 6.07) is 3.01. The average molecular weight is 286 g/mol. The highest BCUT2D eigenvalue weighted by Crippen LogP contribution is 2.25.